The Kier molecular flexibility index (Phi) is 26.0. The highest BCUT2D eigenvalue weighted by molar-refractivity contribution is 6.00. The van der Waals surface area contributed by atoms with Gasteiger partial charge < -0.3 is 74.5 Å². The van der Waals surface area contributed by atoms with Crippen molar-refractivity contribution in [2.45, 2.75) is 186 Å². The van der Waals surface area contributed by atoms with Gasteiger partial charge in [0.15, 0.2) is 5.96 Å². The molecule has 3 aliphatic rings. The maximum Gasteiger partial charge on any atom is 0.246 e. The number of aromatic nitrogens is 1. The van der Waals surface area contributed by atoms with Crippen LogP contribution in [0.1, 0.15) is 130 Å². The predicted octanol–water partition coefficient (Wildman–Crippen LogP) is 1.21. The largest absolute Gasteiger partial charge is 0.370 e. The molecule has 26 heteroatoms. The molecule has 4 heterocycles. The second kappa shape index (κ2) is 33.5. The number of carbonyl (C=O) groups is 11. The zero-order chi connectivity index (χ0) is 64.3. The molecule has 488 valence electrons. The van der Waals surface area contributed by atoms with Crippen molar-refractivity contribution in [1.29, 1.82) is 0 Å². The summed E-state index contributed by atoms with van der Waals surface area (Å²) in [6.07, 6.45) is 4.11. The average Bonchev–Trinajstić information content (AvgIpc) is 2.18. The van der Waals surface area contributed by atoms with Gasteiger partial charge in [-0.25, -0.2) is 0 Å². The van der Waals surface area contributed by atoms with E-state index in [0.717, 1.165) is 21.7 Å². The molecule has 0 bridgehead atoms. The first-order valence-electron chi connectivity index (χ1n) is 31.0. The van der Waals surface area contributed by atoms with E-state index in [1.165, 1.54) is 16.7 Å². The van der Waals surface area contributed by atoms with E-state index in [4.69, 9.17) is 17.2 Å². The number of likely N-dealkylation sites (tertiary alicyclic amines) is 1. The normalized spacial score (nSPS) is 22.3. The fourth-order valence-electron chi connectivity index (χ4n) is 11.8. The number of hydrogen-bond donors (Lipinski definition) is 12. The lowest BCUT2D eigenvalue weighted by molar-refractivity contribution is -0.143. The minimum Gasteiger partial charge on any atom is -0.370 e. The Hall–Kier alpha value is -9.10. The number of hydrogen-bond acceptors (Lipinski definition) is 12. The molecule has 3 aromatic carbocycles. The summed E-state index contributed by atoms with van der Waals surface area (Å²) in [5, 5.41) is 24.9. The van der Waals surface area contributed by atoms with Gasteiger partial charge in [0.05, 0.1) is 6.42 Å². The minimum absolute atomic E-state index is 0. The summed E-state index contributed by atoms with van der Waals surface area (Å²) < 4.78 is 0. The molecule has 0 aliphatic carbocycles. The van der Waals surface area contributed by atoms with E-state index in [2.05, 4.69) is 52.5 Å². The van der Waals surface area contributed by atoms with E-state index in [9.17, 15) is 38.4 Å². The number of aliphatic imine (C=N–C) groups is 1. The summed E-state index contributed by atoms with van der Waals surface area (Å²) in [7, 11) is 0. The molecule has 7 rings (SSSR count). The molecule has 0 saturated carbocycles. The fraction of sp³-hybridized carbons (Fsp3) is 0.531. The maximum absolute atomic E-state index is 15.1. The van der Waals surface area contributed by atoms with Crippen molar-refractivity contribution < 1.29 is 52.7 Å². The van der Waals surface area contributed by atoms with Gasteiger partial charge in [-0.15, -0.1) is 0 Å². The molecule has 26 nitrogen and oxygen atoms in total. The molecule has 3 saturated heterocycles. The highest BCUT2D eigenvalue weighted by atomic mass is 16.2. The summed E-state index contributed by atoms with van der Waals surface area (Å²) in [5.41, 5.74) is 19.0. The number of H-pyrrole nitrogens is 1. The molecule has 15 N–H and O–H groups in total. The zero-order valence-corrected chi connectivity index (χ0v) is 51.2. The molecule has 0 radical (unpaired) electrons. The van der Waals surface area contributed by atoms with Crippen LogP contribution in [-0.4, -0.2) is 166 Å². The van der Waals surface area contributed by atoms with Crippen LogP contribution in [0, 0.1) is 5.92 Å². The van der Waals surface area contributed by atoms with E-state index >= 15 is 14.4 Å². The van der Waals surface area contributed by atoms with Crippen LogP contribution >= 0.6 is 0 Å². The van der Waals surface area contributed by atoms with Crippen molar-refractivity contribution in [3.05, 3.63) is 84.1 Å². The van der Waals surface area contributed by atoms with Crippen molar-refractivity contribution >= 4 is 92.6 Å². The highest BCUT2D eigenvalue weighted by Gasteiger charge is 2.42. The van der Waals surface area contributed by atoms with Gasteiger partial charge in [0.25, 0.3) is 0 Å². The smallest absolute Gasteiger partial charge is 0.246 e. The van der Waals surface area contributed by atoms with Crippen LogP contribution in [0.25, 0.3) is 21.7 Å². The van der Waals surface area contributed by atoms with Crippen LogP contribution in [0.5, 0.6) is 0 Å². The van der Waals surface area contributed by atoms with E-state index < -0.39 is 132 Å². The number of unbranched alkanes of at least 4 members (excludes halogenated alkanes) is 1. The third kappa shape index (κ3) is 19.2. The number of guanidine groups is 1. The monoisotopic (exact) mass is 1250 g/mol. The number of nitrogens with one attached hydrogen (secondary N) is 9. The lowest BCUT2D eigenvalue weighted by Gasteiger charge is -2.31. The fourth-order valence-corrected chi connectivity index (χ4v) is 11.8. The summed E-state index contributed by atoms with van der Waals surface area (Å²) in [6, 6.07) is 9.02. The number of nitrogens with two attached hydrogens (primary N) is 3. The molecule has 11 amide bonds. The summed E-state index contributed by atoms with van der Waals surface area (Å²) >= 11 is 0. The van der Waals surface area contributed by atoms with Crippen LogP contribution in [0.3, 0.4) is 0 Å². The number of nitrogens with zero attached hydrogens (tertiary/aromatic N) is 3. The van der Waals surface area contributed by atoms with Crippen LogP contribution in [0.4, 0.5) is 0 Å². The molecule has 9 atom stereocenters. The van der Waals surface area contributed by atoms with Gasteiger partial charge >= 0.3 is 0 Å². The lowest BCUT2D eigenvalue weighted by atomic mass is 9.99. The summed E-state index contributed by atoms with van der Waals surface area (Å²) in [4.78, 5) is 167. The second-order valence-corrected chi connectivity index (χ2v) is 23.7. The van der Waals surface area contributed by atoms with E-state index in [-0.39, 0.29) is 97.4 Å². The number of benzene rings is 3. The quantitative estimate of drug-likeness (QED) is 0.0357. The standard InChI is InChI=1S/C63H87N15O11.CH4/c1-5-6-19-44(70-37(4)79)55(82)75-49-34-52(80)67-27-12-11-21-45(57(84)76-53(36(2)3)62(89)77-29-14-23-50(77)54(64)81)71-59(86)48(33-41-35-69-43-20-10-9-18-42(41)43)73-56(83)46(22-13-28-68-63(65)66)72-58(85)47(74-60(87)51-24-15-30-78(51)61(49)88)32-38-25-26-39-16-7-8-17-40(39)31-38;/h7-10,16-18,20,25-26,31,35-36,44-51,53,69H,5-6,11-15,19,21-24,27-30,32-34H2,1-4H3,(H2,64,81)(H,67,80)(H,70,79)(H,71,86)(H,72,85)(H,73,83)(H,74,87)(H,75,82)(H,76,84)(H4,65,66,68);1H4. The second-order valence-electron chi connectivity index (χ2n) is 23.7. The van der Waals surface area contributed by atoms with Crippen molar-refractivity contribution in [2.75, 3.05) is 26.2 Å². The lowest BCUT2D eigenvalue weighted by Crippen LogP contribution is -2.61. The van der Waals surface area contributed by atoms with Crippen molar-refractivity contribution in [3.63, 3.8) is 0 Å². The molecular formula is C64H91N15O11. The Morgan fingerprint density at radius 2 is 1.41 bits per heavy atom. The van der Waals surface area contributed by atoms with Crippen molar-refractivity contribution in [2.24, 2.45) is 28.1 Å². The van der Waals surface area contributed by atoms with Gasteiger partial charge in [-0.1, -0.05) is 102 Å². The van der Waals surface area contributed by atoms with Gasteiger partial charge in [0.2, 0.25) is 65.0 Å². The molecule has 0 spiro atoms. The molecule has 4 aromatic rings. The van der Waals surface area contributed by atoms with Crippen LogP contribution in [0.2, 0.25) is 0 Å². The van der Waals surface area contributed by atoms with Gasteiger partial charge in [-0.2, -0.15) is 0 Å². The Labute approximate surface area is 524 Å². The molecule has 9 unspecified atom stereocenters. The topological polar surface area (TPSA) is 397 Å². The average molecular weight is 1250 g/mol. The van der Waals surface area contributed by atoms with E-state index in [1.54, 1.807) is 26.1 Å². The predicted molar refractivity (Wildman–Crippen MR) is 340 cm³/mol. The maximum atomic E-state index is 15.1. The minimum atomic E-state index is -1.53. The van der Waals surface area contributed by atoms with Crippen molar-refractivity contribution in [3.8, 4) is 0 Å². The first-order chi connectivity index (χ1) is 42.6. The molecule has 3 aliphatic heterocycles. The third-order valence-electron chi connectivity index (χ3n) is 16.5. The first kappa shape index (κ1) is 70.0. The SMILES string of the molecule is C.CCCCC(NC(C)=O)C(=O)NC1CC(=O)NCCCCC(C(=O)NC(C(=O)N2CCCC2C(N)=O)C(C)C)NC(=O)C(Cc2c[nH]c3ccccc23)NC(=O)C(CCCN=C(N)N)NC(=O)C(Cc2ccc3ccccc3c2)NC(=O)C2CCCN2C1=O. The third-order valence-corrected chi connectivity index (χ3v) is 16.5. The number of primary amides is 1. The first-order valence-corrected chi connectivity index (χ1v) is 31.0. The van der Waals surface area contributed by atoms with Crippen LogP contribution in [0.15, 0.2) is 77.9 Å². The zero-order valence-electron chi connectivity index (χ0n) is 51.2. The van der Waals surface area contributed by atoms with Crippen molar-refractivity contribution in [1.82, 2.24) is 57.3 Å². The molecule has 1 aromatic heterocycles. The number of fused-ring (bicyclic) bond motifs is 3. The van der Waals surface area contributed by atoms with Gasteiger partial charge in [-0.05, 0) is 98.1 Å². The van der Waals surface area contributed by atoms with E-state index in [1.807, 2.05) is 67.6 Å². The number of carbonyl (C=O) groups excluding carboxylic acids is 11. The number of rotatable bonds is 19. The number of para-hydroxylation sites is 1. The Morgan fingerprint density at radius 3 is 2.13 bits per heavy atom. The van der Waals surface area contributed by atoms with Crippen LogP contribution < -0.4 is 59.7 Å². The number of aromatic amines is 1. The Bertz CT molecular complexity index is 3250. The van der Waals surface area contributed by atoms with Crippen LogP contribution in [-0.2, 0) is 65.6 Å². The van der Waals surface area contributed by atoms with E-state index in [0.29, 0.717) is 43.2 Å². The Balaban J connectivity index is 0.0000129. The molecule has 3 fully saturated rings. The van der Waals surface area contributed by atoms with Gasteiger partial charge in [0, 0.05) is 63.0 Å². The molecule has 90 heavy (non-hydrogen) atoms. The highest BCUT2D eigenvalue weighted by Crippen LogP contribution is 2.25. The summed E-state index contributed by atoms with van der Waals surface area (Å²) in [5.74, 6) is -8.45. The van der Waals surface area contributed by atoms with Gasteiger partial charge in [-0.3, -0.25) is 57.7 Å². The van der Waals surface area contributed by atoms with Gasteiger partial charge in [0.1, 0.15) is 54.4 Å². The number of amides is 11. The molecular weight excluding hydrogens is 1150 g/mol. The Morgan fingerprint density at radius 1 is 0.733 bits per heavy atom. The summed E-state index contributed by atoms with van der Waals surface area (Å²) in [6.45, 7) is 6.93.